The molecule has 0 saturated heterocycles. The smallest absolute Gasteiger partial charge is 0.260 e. The highest BCUT2D eigenvalue weighted by atomic mass is 19.1. The fourth-order valence-corrected chi connectivity index (χ4v) is 4.46. The van der Waals surface area contributed by atoms with E-state index in [1.807, 2.05) is 74.8 Å². The summed E-state index contributed by atoms with van der Waals surface area (Å²) in [6, 6.07) is 26.2. The van der Waals surface area contributed by atoms with Crippen molar-refractivity contribution in [1.29, 1.82) is 0 Å². The Morgan fingerprint density at radius 3 is 2.06 bits per heavy atom. The molecule has 0 bridgehead atoms. The first kappa shape index (κ1) is 22.5. The van der Waals surface area contributed by atoms with Crippen molar-refractivity contribution in [1.82, 2.24) is 4.57 Å². The van der Waals surface area contributed by atoms with Crippen molar-refractivity contribution in [3.8, 4) is 22.4 Å². The first-order valence-electron chi connectivity index (χ1n) is 11.3. The maximum absolute atomic E-state index is 14.1. The molecule has 0 aliphatic heterocycles. The van der Waals surface area contributed by atoms with Gasteiger partial charge in [0.25, 0.3) is 5.91 Å². The molecule has 1 heterocycles. The maximum Gasteiger partial charge on any atom is 0.260 e. The number of halogens is 1. The van der Waals surface area contributed by atoms with Crippen LogP contribution in [0.5, 0.6) is 0 Å². The van der Waals surface area contributed by atoms with Crippen molar-refractivity contribution < 1.29 is 9.18 Å². The Morgan fingerprint density at radius 1 is 0.909 bits per heavy atom. The van der Waals surface area contributed by atoms with Crippen molar-refractivity contribution in [2.75, 3.05) is 11.9 Å². The summed E-state index contributed by atoms with van der Waals surface area (Å²) < 4.78 is 15.9. The number of amides is 1. The van der Waals surface area contributed by atoms with E-state index in [-0.39, 0.29) is 17.6 Å². The highest BCUT2D eigenvalue weighted by Crippen LogP contribution is 2.42. The van der Waals surface area contributed by atoms with Gasteiger partial charge in [0.15, 0.2) is 0 Å². The van der Waals surface area contributed by atoms with E-state index < -0.39 is 0 Å². The molecule has 0 N–H and O–H groups in total. The fraction of sp³-hybridized carbons (Fsp3) is 0.207. The third-order valence-electron chi connectivity index (χ3n) is 6.36. The number of carbonyl (C=O) groups is 1. The van der Waals surface area contributed by atoms with Gasteiger partial charge in [0.2, 0.25) is 0 Å². The average Bonchev–Trinajstić information content (AvgIpc) is 3.17. The molecule has 0 radical (unpaired) electrons. The summed E-state index contributed by atoms with van der Waals surface area (Å²) in [5, 5.41) is 0. The van der Waals surface area contributed by atoms with Crippen LogP contribution in [0.4, 0.5) is 10.1 Å². The SMILES string of the molecule is CCC(C)c1c(C(=O)N(C)c2ccccc2)c(-c2ccccc2)c(-c2ccc(F)cc2)n1C. The second-order valence-corrected chi connectivity index (χ2v) is 8.42. The second-order valence-electron chi connectivity index (χ2n) is 8.42. The zero-order chi connectivity index (χ0) is 23.5. The average molecular weight is 441 g/mol. The molecule has 4 rings (SSSR count). The molecule has 33 heavy (non-hydrogen) atoms. The highest BCUT2D eigenvalue weighted by Gasteiger charge is 2.31. The Morgan fingerprint density at radius 2 is 1.48 bits per heavy atom. The number of para-hydroxylation sites is 1. The highest BCUT2D eigenvalue weighted by molar-refractivity contribution is 6.13. The molecule has 3 nitrogen and oxygen atoms in total. The molecule has 0 aliphatic carbocycles. The van der Waals surface area contributed by atoms with E-state index in [0.29, 0.717) is 5.56 Å². The zero-order valence-electron chi connectivity index (χ0n) is 19.5. The van der Waals surface area contributed by atoms with Crippen LogP contribution in [0.2, 0.25) is 0 Å². The molecular formula is C29H29FN2O. The molecule has 1 atom stereocenters. The molecule has 0 saturated carbocycles. The molecule has 168 valence electrons. The zero-order valence-corrected chi connectivity index (χ0v) is 19.5. The van der Waals surface area contributed by atoms with Gasteiger partial charge < -0.3 is 9.47 Å². The van der Waals surface area contributed by atoms with Crippen molar-refractivity contribution >= 4 is 11.6 Å². The number of benzene rings is 3. The molecule has 3 aromatic carbocycles. The lowest BCUT2D eigenvalue weighted by molar-refractivity contribution is 0.0992. The fourth-order valence-electron chi connectivity index (χ4n) is 4.46. The number of aromatic nitrogens is 1. The van der Waals surface area contributed by atoms with E-state index in [9.17, 15) is 9.18 Å². The van der Waals surface area contributed by atoms with Crippen LogP contribution < -0.4 is 4.90 Å². The van der Waals surface area contributed by atoms with Crippen LogP contribution in [-0.4, -0.2) is 17.5 Å². The van der Waals surface area contributed by atoms with Crippen LogP contribution in [0, 0.1) is 5.82 Å². The Kier molecular flexibility index (Phi) is 6.45. The van der Waals surface area contributed by atoms with Gasteiger partial charge in [-0.1, -0.05) is 62.4 Å². The van der Waals surface area contributed by atoms with Gasteiger partial charge in [0.05, 0.1) is 11.3 Å². The third kappa shape index (κ3) is 4.21. The summed E-state index contributed by atoms with van der Waals surface area (Å²) >= 11 is 0. The summed E-state index contributed by atoms with van der Waals surface area (Å²) in [5.41, 5.74) is 6.17. The van der Waals surface area contributed by atoms with Gasteiger partial charge in [-0.05, 0) is 59.9 Å². The summed E-state index contributed by atoms with van der Waals surface area (Å²) in [4.78, 5) is 15.8. The number of hydrogen-bond donors (Lipinski definition) is 0. The lowest BCUT2D eigenvalue weighted by Crippen LogP contribution is -2.27. The van der Waals surface area contributed by atoms with Crippen molar-refractivity contribution in [2.45, 2.75) is 26.2 Å². The molecule has 0 spiro atoms. The molecule has 0 fully saturated rings. The van der Waals surface area contributed by atoms with E-state index in [0.717, 1.165) is 40.2 Å². The topological polar surface area (TPSA) is 25.2 Å². The van der Waals surface area contributed by atoms with Crippen LogP contribution >= 0.6 is 0 Å². The molecular weight excluding hydrogens is 411 g/mol. The van der Waals surface area contributed by atoms with Crippen LogP contribution in [0.1, 0.15) is 42.2 Å². The van der Waals surface area contributed by atoms with Gasteiger partial charge >= 0.3 is 0 Å². The molecule has 4 aromatic rings. The number of hydrogen-bond acceptors (Lipinski definition) is 1. The van der Waals surface area contributed by atoms with Gasteiger partial charge in [-0.25, -0.2) is 4.39 Å². The van der Waals surface area contributed by atoms with Crippen LogP contribution in [0.3, 0.4) is 0 Å². The predicted molar refractivity (Wildman–Crippen MR) is 134 cm³/mol. The Balaban J connectivity index is 2.04. The minimum Gasteiger partial charge on any atom is -0.346 e. The Hall–Kier alpha value is -3.66. The lowest BCUT2D eigenvalue weighted by Gasteiger charge is -2.21. The van der Waals surface area contributed by atoms with Gasteiger partial charge in [-0.15, -0.1) is 0 Å². The van der Waals surface area contributed by atoms with Crippen LogP contribution in [0.15, 0.2) is 84.9 Å². The first-order valence-corrected chi connectivity index (χ1v) is 11.3. The first-order chi connectivity index (χ1) is 15.9. The number of rotatable bonds is 6. The summed E-state index contributed by atoms with van der Waals surface area (Å²) in [5.74, 6) is -0.175. The maximum atomic E-state index is 14.1. The minimum atomic E-state index is -0.281. The summed E-state index contributed by atoms with van der Waals surface area (Å²) in [7, 11) is 3.82. The summed E-state index contributed by atoms with van der Waals surface area (Å²) in [6.45, 7) is 4.28. The molecule has 0 aliphatic rings. The number of carbonyl (C=O) groups excluding carboxylic acids is 1. The minimum absolute atomic E-state index is 0.0562. The van der Waals surface area contributed by atoms with Crippen molar-refractivity contribution in [3.05, 3.63) is 102 Å². The molecule has 1 amide bonds. The molecule has 1 unspecified atom stereocenters. The van der Waals surface area contributed by atoms with E-state index in [2.05, 4.69) is 18.4 Å². The standard InChI is InChI=1S/C29H29FN2O/c1-5-20(2)27-26(29(33)31(3)24-14-10-7-11-15-24)25(21-12-8-6-9-13-21)28(32(27)4)22-16-18-23(30)19-17-22/h6-20H,5H2,1-4H3. The number of anilines is 1. The second kappa shape index (κ2) is 9.45. The van der Waals surface area contributed by atoms with Crippen LogP contribution in [0.25, 0.3) is 22.4 Å². The largest absolute Gasteiger partial charge is 0.346 e. The summed E-state index contributed by atoms with van der Waals surface area (Å²) in [6.07, 6.45) is 0.893. The predicted octanol–water partition coefficient (Wildman–Crippen LogP) is 7.29. The van der Waals surface area contributed by atoms with Crippen molar-refractivity contribution in [2.24, 2.45) is 7.05 Å². The van der Waals surface area contributed by atoms with E-state index in [1.54, 1.807) is 17.0 Å². The van der Waals surface area contributed by atoms with E-state index >= 15 is 0 Å². The van der Waals surface area contributed by atoms with Gasteiger partial charge in [0.1, 0.15) is 5.82 Å². The molecule has 1 aromatic heterocycles. The molecule has 4 heteroatoms. The van der Waals surface area contributed by atoms with E-state index in [1.165, 1.54) is 12.1 Å². The van der Waals surface area contributed by atoms with Gasteiger partial charge in [-0.2, -0.15) is 0 Å². The monoisotopic (exact) mass is 440 g/mol. The van der Waals surface area contributed by atoms with E-state index in [4.69, 9.17) is 0 Å². The van der Waals surface area contributed by atoms with Gasteiger partial charge in [-0.3, -0.25) is 4.79 Å². The van der Waals surface area contributed by atoms with Gasteiger partial charge in [0, 0.05) is 31.0 Å². The Labute approximate surface area is 195 Å². The number of nitrogens with zero attached hydrogens (tertiary/aromatic N) is 2. The van der Waals surface area contributed by atoms with Crippen LogP contribution in [-0.2, 0) is 7.05 Å². The Bertz CT molecular complexity index is 1240. The third-order valence-corrected chi connectivity index (χ3v) is 6.36. The lowest BCUT2D eigenvalue weighted by atomic mass is 9.93. The van der Waals surface area contributed by atoms with Crippen molar-refractivity contribution in [3.63, 3.8) is 0 Å². The quantitative estimate of drug-likeness (QED) is 0.309. The normalized spacial score (nSPS) is 11.9.